The fourth-order valence-electron chi connectivity index (χ4n) is 5.37. The Morgan fingerprint density at radius 3 is 0.892 bits per heavy atom. The number of fused-ring (bicyclic) bond motifs is 1. The first kappa shape index (κ1) is 51.5. The topological polar surface area (TPSA) is 465 Å². The van der Waals surface area contributed by atoms with Crippen LogP contribution in [0.25, 0.3) is 10.8 Å². The van der Waals surface area contributed by atoms with Gasteiger partial charge in [-0.25, -0.2) is 25.3 Å². The summed E-state index contributed by atoms with van der Waals surface area (Å²) in [6, 6.07) is 4.56. The average molecular weight is 1150 g/mol. The minimum atomic E-state index is -5.61. The first-order valence-electron chi connectivity index (χ1n) is 15.7. The lowest BCUT2D eigenvalue weighted by atomic mass is 10.1. The van der Waals surface area contributed by atoms with Gasteiger partial charge < -0.3 is 0 Å². The molecular formula is C28H22BrN3O24S9. The number of hydrogen-bond donors (Lipinski definition) is 9. The number of rotatable bonds is 15. The zero-order chi connectivity index (χ0) is 49.5. The van der Waals surface area contributed by atoms with Crippen LogP contribution in [-0.2, 0) is 90.8 Å². The van der Waals surface area contributed by atoms with Crippen LogP contribution < -0.4 is 14.2 Å². The van der Waals surface area contributed by atoms with E-state index in [1.807, 2.05) is 0 Å². The molecular weight excluding hydrogens is 1130 g/mol. The molecule has 37 heteroatoms. The highest BCUT2D eigenvalue weighted by atomic mass is 79.9. The van der Waals surface area contributed by atoms with Crippen LogP contribution in [0.15, 0.2) is 127 Å². The molecule has 0 aliphatic rings. The van der Waals surface area contributed by atoms with E-state index in [2.05, 4.69) is 15.9 Å². The van der Waals surface area contributed by atoms with Gasteiger partial charge in [0.25, 0.3) is 90.8 Å². The maximum atomic E-state index is 14.3. The lowest BCUT2D eigenvalue weighted by molar-refractivity contribution is 0.476. The summed E-state index contributed by atoms with van der Waals surface area (Å²) in [4.78, 5) is -11.9. The summed E-state index contributed by atoms with van der Waals surface area (Å²) in [6.07, 6.45) is 0. The lowest BCUT2D eigenvalue weighted by Crippen LogP contribution is -2.19. The van der Waals surface area contributed by atoms with E-state index in [9.17, 15) is 103 Å². The van der Waals surface area contributed by atoms with Gasteiger partial charge in [-0.2, -0.15) is 50.5 Å². The normalized spacial score (nSPS) is 13.6. The van der Waals surface area contributed by atoms with Gasteiger partial charge in [-0.15, -0.1) is 0 Å². The summed E-state index contributed by atoms with van der Waals surface area (Å²) in [7, 11) is -48.9. The minimum Gasteiger partial charge on any atom is -0.282 e. The second kappa shape index (κ2) is 16.7. The first-order valence-corrected chi connectivity index (χ1v) is 29.6. The molecule has 0 heterocycles. The Morgan fingerprint density at radius 1 is 0.323 bits per heavy atom. The quantitative estimate of drug-likeness (QED) is 0.0670. The zero-order valence-electron chi connectivity index (χ0n) is 30.6. The average Bonchev–Trinajstić information content (AvgIpc) is 3.11. The van der Waals surface area contributed by atoms with Crippen molar-refractivity contribution in [2.45, 2.75) is 44.1 Å². The number of sulfonamides is 3. The van der Waals surface area contributed by atoms with Gasteiger partial charge in [0.05, 0.1) is 61.1 Å². The number of halogens is 1. The van der Waals surface area contributed by atoms with Crippen molar-refractivity contribution >= 4 is 135 Å². The highest BCUT2D eigenvalue weighted by Crippen LogP contribution is 2.39. The third-order valence-corrected chi connectivity index (χ3v) is 17.9. The highest BCUT2D eigenvalue weighted by Gasteiger charge is 2.31. The van der Waals surface area contributed by atoms with Gasteiger partial charge in [-0.05, 0) is 78.9 Å². The van der Waals surface area contributed by atoms with Crippen molar-refractivity contribution in [3.63, 3.8) is 0 Å². The van der Waals surface area contributed by atoms with E-state index >= 15 is 0 Å². The molecule has 0 saturated heterocycles. The first-order chi connectivity index (χ1) is 29.1. The molecule has 0 unspecified atom stereocenters. The molecule has 5 aromatic carbocycles. The molecule has 0 radical (unpaired) electrons. The molecule has 27 nitrogen and oxygen atoms in total. The standard InChI is InChI=1S/C28H22BrN3O24S9/c29-25-1-2-26(58(35,36)31-15-5-20(62(45,46)47)10-21(6-15)63(48,49)50)24-12-17(57(33,34)30-14-3-18(60(39,40)41)9-19(4-14)61(42,43)44)13-27(28(24)25)59(37,38)32-16-7-22(64(51,52)53)11-23(8-16)65(54,55)56/h1-13,30-32H,(H,39,40,41)(H,42,43,44)(H,45,46,47)(H,48,49,50)(H,51,52,53)(H,54,55,56). The van der Waals surface area contributed by atoms with Crippen LogP contribution in [0, 0.1) is 0 Å². The van der Waals surface area contributed by atoms with Gasteiger partial charge in [-0.1, -0.05) is 15.9 Å². The Bertz CT molecular complexity index is 3810. The van der Waals surface area contributed by atoms with E-state index in [-0.39, 0.29) is 24.3 Å². The monoisotopic (exact) mass is 1150 g/mol. The van der Waals surface area contributed by atoms with Crippen molar-refractivity contribution in [3.8, 4) is 0 Å². The van der Waals surface area contributed by atoms with E-state index in [0.29, 0.717) is 48.5 Å². The van der Waals surface area contributed by atoms with Crippen molar-refractivity contribution in [2.75, 3.05) is 14.2 Å². The van der Waals surface area contributed by atoms with Gasteiger partial charge >= 0.3 is 0 Å². The van der Waals surface area contributed by atoms with Gasteiger partial charge in [0.2, 0.25) is 0 Å². The maximum absolute atomic E-state index is 14.3. The van der Waals surface area contributed by atoms with Crippen LogP contribution in [-0.4, -0.2) is 103 Å². The molecule has 0 fully saturated rings. The van der Waals surface area contributed by atoms with Crippen molar-refractivity contribution in [3.05, 3.63) is 83.3 Å². The number of anilines is 3. The second-order valence-electron chi connectivity index (χ2n) is 12.6. The molecule has 354 valence electrons. The largest absolute Gasteiger partial charge is 0.294 e. The summed E-state index contributed by atoms with van der Waals surface area (Å²) >= 11 is 2.97. The Kier molecular flexibility index (Phi) is 13.2. The molecule has 0 bridgehead atoms. The summed E-state index contributed by atoms with van der Waals surface area (Å²) in [5.41, 5.74) is -3.22. The predicted molar refractivity (Wildman–Crippen MR) is 222 cm³/mol. The van der Waals surface area contributed by atoms with Gasteiger partial charge in [0.15, 0.2) is 0 Å². The van der Waals surface area contributed by atoms with Crippen molar-refractivity contribution in [1.29, 1.82) is 0 Å². The molecule has 0 aliphatic carbocycles. The van der Waals surface area contributed by atoms with Crippen LogP contribution in [0.2, 0.25) is 0 Å². The van der Waals surface area contributed by atoms with E-state index in [1.165, 1.54) is 0 Å². The van der Waals surface area contributed by atoms with Gasteiger partial charge in [-0.3, -0.25) is 41.5 Å². The SMILES string of the molecule is O=S(=O)(O)c1cc(NS(=O)(=O)c2cc(S(=O)(=O)Nc3cc(S(=O)(=O)O)cc(S(=O)(=O)O)c3)c3c(Br)ccc(S(=O)(=O)Nc4cc(S(=O)(=O)O)cc(S(=O)(=O)O)c4)c3c2)cc(S(=O)(=O)O)c1. The summed E-state index contributed by atoms with van der Waals surface area (Å²) in [5, 5.41) is -1.83. The summed E-state index contributed by atoms with van der Waals surface area (Å²) < 4.78 is 290. The maximum Gasteiger partial charge on any atom is 0.294 e. The molecule has 5 rings (SSSR count). The molecule has 65 heavy (non-hydrogen) atoms. The second-order valence-corrected chi connectivity index (χ2v) is 27.0. The highest BCUT2D eigenvalue weighted by molar-refractivity contribution is 9.10. The van der Waals surface area contributed by atoms with E-state index in [0.717, 1.165) is 6.07 Å². The molecule has 0 aliphatic heterocycles. The minimum absolute atomic E-state index is 0.186. The number of nitrogens with one attached hydrogen (secondary N) is 3. The Hall–Kier alpha value is -4.45. The summed E-state index contributed by atoms with van der Waals surface area (Å²) in [6.45, 7) is 0. The molecule has 0 saturated carbocycles. The van der Waals surface area contributed by atoms with Crippen molar-refractivity contribution in [2.24, 2.45) is 0 Å². The van der Waals surface area contributed by atoms with Crippen LogP contribution in [0.1, 0.15) is 0 Å². The van der Waals surface area contributed by atoms with E-state index < -0.39 is 167 Å². The molecule has 5 aromatic rings. The lowest BCUT2D eigenvalue weighted by Gasteiger charge is -2.18. The molecule has 0 amide bonds. The fourth-order valence-corrected chi connectivity index (χ4v) is 13.3. The van der Waals surface area contributed by atoms with Crippen molar-refractivity contribution < 1.29 is 103 Å². The third-order valence-electron chi connectivity index (χ3n) is 8.03. The Balaban J connectivity index is 1.87. The third kappa shape index (κ3) is 11.8. The van der Waals surface area contributed by atoms with Crippen molar-refractivity contribution in [1.82, 2.24) is 0 Å². The smallest absolute Gasteiger partial charge is 0.282 e. The summed E-state index contributed by atoms with van der Waals surface area (Å²) in [5.74, 6) is 0. The van der Waals surface area contributed by atoms with Crippen LogP contribution in [0.5, 0.6) is 0 Å². The van der Waals surface area contributed by atoms with Crippen LogP contribution >= 0.6 is 15.9 Å². The molecule has 0 spiro atoms. The van der Waals surface area contributed by atoms with Gasteiger partial charge in [0, 0.05) is 15.2 Å². The van der Waals surface area contributed by atoms with E-state index in [4.69, 9.17) is 0 Å². The Morgan fingerprint density at radius 2 is 0.600 bits per heavy atom. The predicted octanol–water partition coefficient (Wildman–Crippen LogP) is 1.48. The number of hydrogen-bond acceptors (Lipinski definition) is 18. The molecule has 0 atom stereocenters. The molecule has 9 N–H and O–H groups in total. The van der Waals surface area contributed by atoms with Gasteiger partial charge in [0.1, 0.15) is 0 Å². The Labute approximate surface area is 376 Å². The fraction of sp³-hybridized carbons (Fsp3) is 0. The van der Waals surface area contributed by atoms with Crippen LogP contribution in [0.3, 0.4) is 0 Å². The van der Waals surface area contributed by atoms with Crippen LogP contribution in [0.4, 0.5) is 17.1 Å². The van der Waals surface area contributed by atoms with E-state index in [1.54, 1.807) is 14.2 Å². The zero-order valence-corrected chi connectivity index (χ0v) is 39.5. The number of benzene rings is 5. The molecule has 0 aromatic heterocycles.